The highest BCUT2D eigenvalue weighted by Crippen LogP contribution is 2.39. The number of alkyl halides is 3. The van der Waals surface area contributed by atoms with Crippen LogP contribution in [-0.2, 0) is 22.7 Å². The Balaban J connectivity index is 0.000000258. The Hall–Kier alpha value is -7.19. The van der Waals surface area contributed by atoms with Crippen molar-refractivity contribution in [3.05, 3.63) is 82.4 Å². The van der Waals surface area contributed by atoms with E-state index in [0.717, 1.165) is 28.6 Å². The minimum atomic E-state index is -4.63. The number of amides is 6. The molecule has 25 heteroatoms. The Morgan fingerprint density at radius 2 is 1.17 bits per heavy atom. The number of urea groups is 2. The fourth-order valence-electron chi connectivity index (χ4n) is 6.56. The molecule has 6 amide bonds. The molecular weight excluding hydrogens is 942 g/mol. The fraction of sp³-hybridized carbons (Fsp3) is 0.364. The van der Waals surface area contributed by atoms with E-state index >= 15 is 0 Å². The second-order valence-corrected chi connectivity index (χ2v) is 18.5. The van der Waals surface area contributed by atoms with Gasteiger partial charge in [0.25, 0.3) is 0 Å². The van der Waals surface area contributed by atoms with Crippen LogP contribution in [0.1, 0.15) is 57.1 Å². The lowest BCUT2D eigenvalue weighted by molar-refractivity contribution is -0.136. The van der Waals surface area contributed by atoms with E-state index in [-0.39, 0.29) is 71.1 Å². The highest BCUT2D eigenvalue weighted by molar-refractivity contribution is 8.00. The molecule has 6 heterocycles. The van der Waals surface area contributed by atoms with Gasteiger partial charge in [-0.3, -0.25) is 49.4 Å². The zero-order chi connectivity index (χ0) is 50.6. The topological polar surface area (TPSA) is 245 Å². The lowest BCUT2D eigenvalue weighted by Gasteiger charge is -2.32. The molecule has 4 aromatic heterocycles. The van der Waals surface area contributed by atoms with Gasteiger partial charge in [0.05, 0.1) is 24.2 Å². The number of hydrogen-bond acceptors (Lipinski definition) is 16. The summed E-state index contributed by atoms with van der Waals surface area (Å²) in [4.78, 5) is 99.5. The molecule has 0 atom stereocenters. The van der Waals surface area contributed by atoms with Gasteiger partial charge in [0.1, 0.15) is 46.8 Å². The molecular formula is C44H47F3N14O6S2. The minimum Gasteiger partial charge on any atom is -0.336 e. The van der Waals surface area contributed by atoms with Gasteiger partial charge >= 0.3 is 17.6 Å². The van der Waals surface area contributed by atoms with Crippen LogP contribution >= 0.6 is 23.5 Å². The fourth-order valence-corrected chi connectivity index (χ4v) is 8.10. The van der Waals surface area contributed by atoms with Gasteiger partial charge in [-0.1, -0.05) is 26.0 Å². The van der Waals surface area contributed by atoms with Crippen molar-refractivity contribution in [3.8, 4) is 12.1 Å². The molecule has 6 rings (SSSR count). The molecule has 2 aliphatic heterocycles. The number of thioether (sulfide) groups is 2. The quantitative estimate of drug-likeness (QED) is 0.127. The summed E-state index contributed by atoms with van der Waals surface area (Å²) in [7, 11) is 6.61. The molecule has 2 N–H and O–H groups in total. The molecule has 0 saturated carbocycles. The Bertz CT molecular complexity index is 2680. The Labute approximate surface area is 403 Å². The van der Waals surface area contributed by atoms with E-state index in [1.807, 2.05) is 37.7 Å². The summed E-state index contributed by atoms with van der Waals surface area (Å²) in [6.07, 6.45) is 3.51. The van der Waals surface area contributed by atoms with E-state index in [1.165, 1.54) is 43.0 Å². The molecule has 362 valence electrons. The molecule has 0 unspecified atom stereocenters. The van der Waals surface area contributed by atoms with Crippen LogP contribution in [-0.4, -0.2) is 154 Å². The van der Waals surface area contributed by atoms with Crippen molar-refractivity contribution >= 4 is 83.2 Å². The number of pyridine rings is 4. The molecule has 69 heavy (non-hydrogen) atoms. The summed E-state index contributed by atoms with van der Waals surface area (Å²) in [5.41, 5.74) is -3.11. The Morgan fingerprint density at radius 3 is 1.55 bits per heavy atom. The van der Waals surface area contributed by atoms with Crippen molar-refractivity contribution in [1.82, 2.24) is 39.5 Å². The zero-order valence-electron chi connectivity index (χ0n) is 38.3. The van der Waals surface area contributed by atoms with Gasteiger partial charge in [0.2, 0.25) is 11.8 Å². The summed E-state index contributed by atoms with van der Waals surface area (Å²) >= 11 is 1.02. The normalized spacial score (nSPS) is 14.3. The first-order valence-corrected chi connectivity index (χ1v) is 22.6. The number of nitrogens with one attached hydrogen (secondary N) is 2. The predicted octanol–water partition coefficient (Wildman–Crippen LogP) is 5.32. The number of aromatic nitrogens is 4. The summed E-state index contributed by atoms with van der Waals surface area (Å²) in [6, 6.07) is 11.5. The number of piperazine rings is 2. The van der Waals surface area contributed by atoms with Crippen molar-refractivity contribution in [2.45, 2.75) is 47.5 Å². The van der Waals surface area contributed by atoms with Crippen LogP contribution < -0.4 is 20.4 Å². The molecule has 20 nitrogen and oxygen atoms in total. The van der Waals surface area contributed by atoms with Gasteiger partial charge in [-0.05, 0) is 50.1 Å². The van der Waals surface area contributed by atoms with Crippen molar-refractivity contribution in [1.29, 1.82) is 10.5 Å². The largest absolute Gasteiger partial charge is 0.446 e. The summed E-state index contributed by atoms with van der Waals surface area (Å²) < 4.78 is 38.3. The van der Waals surface area contributed by atoms with E-state index < -0.39 is 34.2 Å². The number of aldehydes is 2. The highest BCUT2D eigenvalue weighted by Gasteiger charge is 2.31. The number of nitrogens with zero attached hydrogens (tertiary/aromatic N) is 12. The maximum atomic E-state index is 12.8. The van der Waals surface area contributed by atoms with E-state index in [1.54, 1.807) is 40.1 Å². The standard InChI is InChI=1S/C23H27N7O3S.C21H20F3N7O3S/c1-15(2)34-19-9-20(25-11-17(19)10-24)27-23(33)29(4)21-6-5-16(18(14-31)26-21)12-30-8-7-28(3)13-22(30)32;1-29-5-6-31(19(33)11-29)10-13-3-4-18(27-15(13)12-32)30(2)20(34)28-17-7-16(35-21(22,23)24)14(8-25)9-26-17/h5-6,9,11,14-15H,7-8,12-13H2,1-4H3,(H,25,27,33);3-4,7,9,12H,5-6,10-11H2,1-2H3,(H,26,28,34). The average molecular weight is 989 g/mol. The second kappa shape index (κ2) is 23.7. The number of rotatable bonds is 13. The Kier molecular flexibility index (Phi) is 18.1. The van der Waals surface area contributed by atoms with E-state index in [9.17, 15) is 47.2 Å². The molecule has 0 aromatic carbocycles. The number of anilines is 4. The summed E-state index contributed by atoms with van der Waals surface area (Å²) in [5.74, 6) is 0.397. The van der Waals surface area contributed by atoms with Crippen molar-refractivity contribution in [2.24, 2.45) is 0 Å². The van der Waals surface area contributed by atoms with E-state index in [4.69, 9.17) is 5.26 Å². The number of carbonyl (C=O) groups is 6. The molecule has 0 aliphatic carbocycles. The van der Waals surface area contributed by atoms with Crippen molar-refractivity contribution < 1.29 is 41.9 Å². The molecule has 4 aromatic rings. The minimum absolute atomic E-state index is 0.00362. The van der Waals surface area contributed by atoms with Gasteiger partial charge in [-0.2, -0.15) is 23.7 Å². The average Bonchev–Trinajstić information content (AvgIpc) is 3.30. The number of nitriles is 2. The van der Waals surface area contributed by atoms with Crippen LogP contribution in [0, 0.1) is 22.7 Å². The van der Waals surface area contributed by atoms with Crippen LogP contribution in [0.4, 0.5) is 46.0 Å². The first-order valence-electron chi connectivity index (χ1n) is 20.9. The summed E-state index contributed by atoms with van der Waals surface area (Å²) in [6.45, 7) is 7.66. The van der Waals surface area contributed by atoms with E-state index in [0.29, 0.717) is 61.3 Å². The number of likely N-dealkylation sites (N-methyl/N-ethyl adjacent to an activating group) is 2. The van der Waals surface area contributed by atoms with Crippen LogP contribution in [0.25, 0.3) is 0 Å². The van der Waals surface area contributed by atoms with Crippen molar-refractivity contribution in [2.75, 3.05) is 87.9 Å². The SMILES string of the molecule is CC(C)Sc1cc(NC(=O)N(C)c2ccc(CN3CCN(C)CC3=O)c(C=O)n2)ncc1C#N.CN1CCN(Cc2ccc(N(C)C(=O)Nc3cc(SC(F)(F)F)c(C#N)cn3)nc2C=O)C(=O)C1. The number of halogens is 3. The molecule has 0 bridgehead atoms. The highest BCUT2D eigenvalue weighted by atomic mass is 32.2. The molecule has 0 spiro atoms. The van der Waals surface area contributed by atoms with Crippen LogP contribution in [0.5, 0.6) is 0 Å². The zero-order valence-corrected chi connectivity index (χ0v) is 39.9. The van der Waals surface area contributed by atoms with Gasteiger partial charge in [-0.25, -0.2) is 29.5 Å². The first kappa shape index (κ1) is 52.8. The van der Waals surface area contributed by atoms with Gasteiger partial charge < -0.3 is 9.80 Å². The lowest BCUT2D eigenvalue weighted by Crippen LogP contribution is -2.48. The van der Waals surface area contributed by atoms with Crippen LogP contribution in [0.3, 0.4) is 0 Å². The third-order valence-corrected chi connectivity index (χ3v) is 12.1. The maximum Gasteiger partial charge on any atom is 0.446 e. The first-order chi connectivity index (χ1) is 32.7. The van der Waals surface area contributed by atoms with Gasteiger partial charge in [-0.15, -0.1) is 11.8 Å². The van der Waals surface area contributed by atoms with Crippen LogP contribution in [0.2, 0.25) is 0 Å². The van der Waals surface area contributed by atoms with Gasteiger partial charge in [0.15, 0.2) is 12.6 Å². The van der Waals surface area contributed by atoms with Gasteiger partial charge in [0, 0.05) is 91.9 Å². The monoisotopic (exact) mass is 988 g/mol. The molecule has 0 radical (unpaired) electrons. The van der Waals surface area contributed by atoms with Crippen molar-refractivity contribution in [3.63, 3.8) is 0 Å². The lowest BCUT2D eigenvalue weighted by atomic mass is 10.1. The number of carbonyl (C=O) groups excluding carboxylic acids is 6. The molecule has 2 saturated heterocycles. The predicted molar refractivity (Wildman–Crippen MR) is 251 cm³/mol. The second-order valence-electron chi connectivity index (χ2n) is 15.8. The Morgan fingerprint density at radius 1 is 0.754 bits per heavy atom. The smallest absolute Gasteiger partial charge is 0.336 e. The van der Waals surface area contributed by atoms with E-state index in [2.05, 4.69) is 36.6 Å². The third kappa shape index (κ3) is 14.7. The molecule has 2 fully saturated rings. The number of hydrogen-bond donors (Lipinski definition) is 2. The van der Waals surface area contributed by atoms with Crippen LogP contribution in [0.15, 0.2) is 58.6 Å². The third-order valence-electron chi connectivity index (χ3n) is 10.3. The molecule has 2 aliphatic rings. The summed E-state index contributed by atoms with van der Waals surface area (Å²) in [5, 5.41) is 23.6. The maximum absolute atomic E-state index is 12.8.